The summed E-state index contributed by atoms with van der Waals surface area (Å²) in [6.45, 7) is 5.72. The first-order chi connectivity index (χ1) is 9.19. The van der Waals surface area contributed by atoms with E-state index in [0.717, 1.165) is 11.3 Å². The van der Waals surface area contributed by atoms with Crippen molar-refractivity contribution in [2.75, 3.05) is 38.5 Å². The Labute approximate surface area is 114 Å². The molecule has 0 aliphatic heterocycles. The molecule has 0 spiro atoms. The van der Waals surface area contributed by atoms with Crippen molar-refractivity contribution in [1.29, 1.82) is 0 Å². The number of benzene rings is 1. The van der Waals surface area contributed by atoms with Crippen LogP contribution in [-0.2, 0) is 9.47 Å². The normalized spacial score (nSPS) is 10.3. The topological polar surface area (TPSA) is 50.8 Å². The number of amides is 2. The molecule has 0 saturated carbocycles. The van der Waals surface area contributed by atoms with Crippen LogP contribution in [0.4, 0.5) is 10.5 Å². The summed E-state index contributed by atoms with van der Waals surface area (Å²) in [6.07, 6.45) is 0. The summed E-state index contributed by atoms with van der Waals surface area (Å²) >= 11 is 0. The van der Waals surface area contributed by atoms with E-state index in [0.29, 0.717) is 19.8 Å². The number of rotatable bonds is 7. The summed E-state index contributed by atoms with van der Waals surface area (Å²) in [6, 6.07) is 7.68. The molecule has 0 heterocycles. The van der Waals surface area contributed by atoms with Crippen LogP contribution in [0.1, 0.15) is 12.5 Å². The first-order valence-electron chi connectivity index (χ1n) is 6.37. The number of urea groups is 1. The zero-order valence-corrected chi connectivity index (χ0v) is 11.8. The molecular weight excluding hydrogens is 244 g/mol. The van der Waals surface area contributed by atoms with Gasteiger partial charge in [-0.2, -0.15) is 0 Å². The van der Waals surface area contributed by atoms with Crippen LogP contribution in [0.5, 0.6) is 0 Å². The molecule has 0 aliphatic rings. The number of nitrogens with one attached hydrogen (secondary N) is 1. The van der Waals surface area contributed by atoms with Crippen molar-refractivity contribution in [1.82, 2.24) is 5.32 Å². The zero-order valence-electron chi connectivity index (χ0n) is 11.8. The summed E-state index contributed by atoms with van der Waals surface area (Å²) in [7, 11) is 1.61. The number of carbonyl (C=O) groups is 1. The van der Waals surface area contributed by atoms with Crippen molar-refractivity contribution < 1.29 is 14.3 Å². The lowest BCUT2D eigenvalue weighted by atomic mass is 10.2. The molecule has 0 bridgehead atoms. The van der Waals surface area contributed by atoms with E-state index in [-0.39, 0.29) is 12.8 Å². The maximum absolute atomic E-state index is 12.0. The van der Waals surface area contributed by atoms with E-state index in [9.17, 15) is 4.79 Å². The molecule has 1 N–H and O–H groups in total. The van der Waals surface area contributed by atoms with Gasteiger partial charge in [-0.25, -0.2) is 4.79 Å². The molecule has 2 amide bonds. The van der Waals surface area contributed by atoms with Gasteiger partial charge in [-0.3, -0.25) is 4.90 Å². The Balaban J connectivity index is 2.48. The second kappa shape index (κ2) is 8.50. The van der Waals surface area contributed by atoms with Gasteiger partial charge in [0.25, 0.3) is 0 Å². The van der Waals surface area contributed by atoms with Crippen LogP contribution < -0.4 is 10.2 Å². The molecule has 0 atom stereocenters. The summed E-state index contributed by atoms with van der Waals surface area (Å²) in [5, 5.41) is 2.72. The van der Waals surface area contributed by atoms with Gasteiger partial charge in [0.1, 0.15) is 6.73 Å². The molecule has 0 fully saturated rings. The van der Waals surface area contributed by atoms with Gasteiger partial charge in [-0.05, 0) is 31.5 Å². The predicted molar refractivity (Wildman–Crippen MR) is 75.4 cm³/mol. The van der Waals surface area contributed by atoms with Gasteiger partial charge < -0.3 is 14.8 Å². The molecule has 1 aromatic carbocycles. The van der Waals surface area contributed by atoms with E-state index in [4.69, 9.17) is 9.47 Å². The highest BCUT2D eigenvalue weighted by atomic mass is 16.5. The standard InChI is InChI=1S/C14H22N2O3/c1-4-16(13-7-5-6-12(2)10-13)14(17)15-11-19-9-8-18-3/h5-7,10H,4,8-9,11H2,1-3H3,(H,15,17). The zero-order chi connectivity index (χ0) is 14.1. The number of anilines is 1. The fourth-order valence-corrected chi connectivity index (χ4v) is 1.66. The molecule has 5 heteroatoms. The largest absolute Gasteiger partial charge is 0.382 e. The third kappa shape index (κ3) is 5.28. The highest BCUT2D eigenvalue weighted by Gasteiger charge is 2.12. The lowest BCUT2D eigenvalue weighted by Crippen LogP contribution is -2.41. The Morgan fingerprint density at radius 1 is 1.37 bits per heavy atom. The van der Waals surface area contributed by atoms with Gasteiger partial charge in [0.05, 0.1) is 13.2 Å². The lowest BCUT2D eigenvalue weighted by molar-refractivity contribution is 0.0646. The van der Waals surface area contributed by atoms with Crippen molar-refractivity contribution in [3.05, 3.63) is 29.8 Å². The predicted octanol–water partition coefficient (Wildman–Crippen LogP) is 2.15. The summed E-state index contributed by atoms with van der Waals surface area (Å²) in [5.41, 5.74) is 2.01. The van der Waals surface area contributed by atoms with Gasteiger partial charge in [-0.15, -0.1) is 0 Å². The van der Waals surface area contributed by atoms with Gasteiger partial charge in [-0.1, -0.05) is 12.1 Å². The average Bonchev–Trinajstić information content (AvgIpc) is 2.39. The van der Waals surface area contributed by atoms with Crippen LogP contribution in [0.25, 0.3) is 0 Å². The number of methoxy groups -OCH3 is 1. The maximum atomic E-state index is 12.0. The number of ether oxygens (including phenoxy) is 2. The summed E-state index contributed by atoms with van der Waals surface area (Å²) in [4.78, 5) is 13.7. The SMILES string of the molecule is CCN(C(=O)NCOCCOC)c1cccc(C)c1. The molecule has 0 radical (unpaired) electrons. The van der Waals surface area contributed by atoms with Gasteiger partial charge in [0.2, 0.25) is 0 Å². The number of hydrogen-bond donors (Lipinski definition) is 1. The Morgan fingerprint density at radius 2 is 2.16 bits per heavy atom. The average molecular weight is 266 g/mol. The molecule has 1 rings (SSSR count). The minimum Gasteiger partial charge on any atom is -0.382 e. The van der Waals surface area contributed by atoms with Gasteiger partial charge in [0, 0.05) is 19.3 Å². The van der Waals surface area contributed by atoms with Crippen LogP contribution in [-0.4, -0.2) is 39.6 Å². The molecule has 106 valence electrons. The monoisotopic (exact) mass is 266 g/mol. The van der Waals surface area contributed by atoms with E-state index >= 15 is 0 Å². The van der Waals surface area contributed by atoms with Gasteiger partial charge >= 0.3 is 6.03 Å². The van der Waals surface area contributed by atoms with Crippen molar-refractivity contribution in [3.63, 3.8) is 0 Å². The summed E-state index contributed by atoms with van der Waals surface area (Å²) in [5.74, 6) is 0. The van der Waals surface area contributed by atoms with E-state index in [1.165, 1.54) is 0 Å². The molecule has 19 heavy (non-hydrogen) atoms. The highest BCUT2D eigenvalue weighted by Crippen LogP contribution is 2.15. The number of carbonyl (C=O) groups excluding carboxylic acids is 1. The van der Waals surface area contributed by atoms with Crippen molar-refractivity contribution in [2.24, 2.45) is 0 Å². The Morgan fingerprint density at radius 3 is 2.79 bits per heavy atom. The Bertz CT molecular complexity index is 396. The molecule has 0 saturated heterocycles. The van der Waals surface area contributed by atoms with Crippen LogP contribution >= 0.6 is 0 Å². The second-order valence-corrected chi connectivity index (χ2v) is 4.11. The van der Waals surface area contributed by atoms with Crippen molar-refractivity contribution in [3.8, 4) is 0 Å². The Hall–Kier alpha value is -1.59. The van der Waals surface area contributed by atoms with Crippen LogP contribution in [0.2, 0.25) is 0 Å². The lowest BCUT2D eigenvalue weighted by Gasteiger charge is -2.21. The minimum atomic E-state index is -0.162. The molecule has 1 aromatic rings. The third-order valence-corrected chi connectivity index (χ3v) is 2.63. The van der Waals surface area contributed by atoms with E-state index in [1.54, 1.807) is 12.0 Å². The van der Waals surface area contributed by atoms with Crippen molar-refractivity contribution in [2.45, 2.75) is 13.8 Å². The van der Waals surface area contributed by atoms with Crippen LogP contribution in [0.15, 0.2) is 24.3 Å². The third-order valence-electron chi connectivity index (χ3n) is 2.63. The van der Waals surface area contributed by atoms with E-state index < -0.39 is 0 Å². The van der Waals surface area contributed by atoms with Crippen molar-refractivity contribution >= 4 is 11.7 Å². The van der Waals surface area contributed by atoms with Crippen LogP contribution in [0.3, 0.4) is 0 Å². The molecule has 0 unspecified atom stereocenters. The van der Waals surface area contributed by atoms with Crippen LogP contribution in [0, 0.1) is 6.92 Å². The Kier molecular flexibility index (Phi) is 6.92. The summed E-state index contributed by atoms with van der Waals surface area (Å²) < 4.78 is 10.1. The number of aryl methyl sites for hydroxylation is 1. The molecule has 5 nitrogen and oxygen atoms in total. The number of nitrogens with zero attached hydrogens (tertiary/aromatic N) is 1. The first kappa shape index (κ1) is 15.5. The molecule has 0 aliphatic carbocycles. The quantitative estimate of drug-likeness (QED) is 0.607. The van der Waals surface area contributed by atoms with Gasteiger partial charge in [0.15, 0.2) is 0 Å². The van der Waals surface area contributed by atoms with E-state index in [1.807, 2.05) is 38.1 Å². The number of hydrogen-bond acceptors (Lipinski definition) is 3. The minimum absolute atomic E-state index is 0.162. The highest BCUT2D eigenvalue weighted by molar-refractivity contribution is 5.91. The fourth-order valence-electron chi connectivity index (χ4n) is 1.66. The van der Waals surface area contributed by atoms with E-state index in [2.05, 4.69) is 5.32 Å². The fraction of sp³-hybridized carbons (Fsp3) is 0.500. The smallest absolute Gasteiger partial charge is 0.323 e. The second-order valence-electron chi connectivity index (χ2n) is 4.11. The molecular formula is C14H22N2O3. The maximum Gasteiger partial charge on any atom is 0.323 e. The first-order valence-corrected chi connectivity index (χ1v) is 6.37. The molecule has 0 aromatic heterocycles.